The van der Waals surface area contributed by atoms with Crippen LogP contribution in [0.5, 0.6) is 0 Å². The molecule has 1 saturated heterocycles. The van der Waals surface area contributed by atoms with Gasteiger partial charge in [-0.1, -0.05) is 18.2 Å². The first-order valence-corrected chi connectivity index (χ1v) is 8.54. The van der Waals surface area contributed by atoms with E-state index in [4.69, 9.17) is 4.74 Å². The Balaban J connectivity index is 2.06. The molecule has 0 aromatic heterocycles. The Bertz CT molecular complexity index is 779. The Kier molecular flexibility index (Phi) is 5.61. The first-order chi connectivity index (χ1) is 12.5. The molecule has 1 fully saturated rings. The molecule has 26 heavy (non-hydrogen) atoms. The Morgan fingerprint density at radius 3 is 2.27 bits per heavy atom. The minimum absolute atomic E-state index is 0.0322. The number of amides is 1. The lowest BCUT2D eigenvalue weighted by molar-refractivity contribution is -0.139. The number of hydrogen-bond donors (Lipinski definition) is 0. The van der Waals surface area contributed by atoms with Gasteiger partial charge in [0.1, 0.15) is 11.9 Å². The Labute approximate surface area is 150 Å². The molecule has 1 aliphatic heterocycles. The normalized spacial score (nSPS) is 17.2. The van der Waals surface area contributed by atoms with Crippen LogP contribution in [0.1, 0.15) is 42.5 Å². The van der Waals surface area contributed by atoms with Gasteiger partial charge in [0.25, 0.3) is 0 Å². The van der Waals surface area contributed by atoms with Gasteiger partial charge < -0.3 is 9.64 Å². The number of rotatable bonds is 5. The molecule has 6 heteroatoms. The SMILES string of the molecule is COC(c1ccc(F)c(F)c1)C(c1ccc(F)cc1)N1CCCCC1=O. The number of halogens is 3. The summed E-state index contributed by atoms with van der Waals surface area (Å²) in [5.74, 6) is -2.35. The number of nitrogens with zero attached hydrogens (tertiary/aromatic N) is 1. The summed E-state index contributed by atoms with van der Waals surface area (Å²) in [5.41, 5.74) is 1.09. The average Bonchev–Trinajstić information content (AvgIpc) is 2.64. The van der Waals surface area contributed by atoms with E-state index in [9.17, 15) is 18.0 Å². The van der Waals surface area contributed by atoms with Gasteiger partial charge in [-0.15, -0.1) is 0 Å². The highest BCUT2D eigenvalue weighted by atomic mass is 19.2. The zero-order chi connectivity index (χ0) is 18.7. The molecule has 3 rings (SSSR count). The van der Waals surface area contributed by atoms with Gasteiger partial charge >= 0.3 is 0 Å². The van der Waals surface area contributed by atoms with Crippen molar-refractivity contribution in [2.24, 2.45) is 0 Å². The third-order valence-electron chi connectivity index (χ3n) is 4.72. The predicted octanol–water partition coefficient (Wildman–Crippen LogP) is 4.55. The van der Waals surface area contributed by atoms with Crippen LogP contribution in [-0.2, 0) is 9.53 Å². The minimum Gasteiger partial charge on any atom is -0.374 e. The lowest BCUT2D eigenvalue weighted by Gasteiger charge is -2.39. The fourth-order valence-corrected chi connectivity index (χ4v) is 3.44. The molecule has 2 atom stereocenters. The molecule has 1 heterocycles. The van der Waals surface area contributed by atoms with Crippen molar-refractivity contribution in [3.63, 3.8) is 0 Å². The van der Waals surface area contributed by atoms with E-state index in [1.807, 2.05) is 0 Å². The zero-order valence-electron chi connectivity index (χ0n) is 14.4. The van der Waals surface area contributed by atoms with Gasteiger partial charge in [-0.25, -0.2) is 13.2 Å². The molecule has 1 amide bonds. The van der Waals surface area contributed by atoms with Gasteiger partial charge in [0.15, 0.2) is 11.6 Å². The fraction of sp³-hybridized carbons (Fsp3) is 0.350. The summed E-state index contributed by atoms with van der Waals surface area (Å²) in [6, 6.07) is 8.81. The van der Waals surface area contributed by atoms with Gasteiger partial charge in [0, 0.05) is 20.1 Å². The molecule has 0 spiro atoms. The Hall–Kier alpha value is -2.34. The number of likely N-dealkylation sites (tertiary alicyclic amines) is 1. The number of ether oxygens (including phenoxy) is 1. The maximum absolute atomic E-state index is 13.8. The van der Waals surface area contributed by atoms with Crippen LogP contribution in [0.15, 0.2) is 42.5 Å². The fourth-order valence-electron chi connectivity index (χ4n) is 3.44. The lowest BCUT2D eigenvalue weighted by atomic mass is 9.92. The topological polar surface area (TPSA) is 29.5 Å². The van der Waals surface area contributed by atoms with E-state index < -0.39 is 23.8 Å². The Morgan fingerprint density at radius 1 is 0.962 bits per heavy atom. The number of methoxy groups -OCH3 is 1. The number of carbonyl (C=O) groups is 1. The van der Waals surface area contributed by atoms with Crippen LogP contribution in [-0.4, -0.2) is 24.5 Å². The summed E-state index contributed by atoms with van der Waals surface area (Å²) >= 11 is 0. The standard InChI is InChI=1S/C20H20F3NO2/c1-26-20(14-7-10-16(22)17(23)12-14)19(13-5-8-15(21)9-6-13)24-11-3-2-4-18(24)25/h5-10,12,19-20H,2-4,11H2,1H3. The highest BCUT2D eigenvalue weighted by molar-refractivity contribution is 5.77. The number of benzene rings is 2. The maximum atomic E-state index is 13.8. The molecule has 1 aliphatic rings. The van der Waals surface area contributed by atoms with Gasteiger partial charge in [0.2, 0.25) is 5.91 Å². The highest BCUT2D eigenvalue weighted by Crippen LogP contribution is 2.38. The predicted molar refractivity (Wildman–Crippen MR) is 90.8 cm³/mol. The molecule has 2 aromatic carbocycles. The van der Waals surface area contributed by atoms with E-state index in [0.29, 0.717) is 24.1 Å². The van der Waals surface area contributed by atoms with E-state index in [1.165, 1.54) is 25.3 Å². The van der Waals surface area contributed by atoms with E-state index in [-0.39, 0.29) is 11.7 Å². The molecule has 0 radical (unpaired) electrons. The molecule has 3 nitrogen and oxygen atoms in total. The van der Waals surface area contributed by atoms with Crippen LogP contribution >= 0.6 is 0 Å². The van der Waals surface area contributed by atoms with Crippen molar-refractivity contribution in [3.05, 3.63) is 71.0 Å². The molecule has 0 N–H and O–H groups in total. The summed E-state index contributed by atoms with van der Waals surface area (Å²) < 4.78 is 46.1. The molecular weight excluding hydrogens is 343 g/mol. The second-order valence-corrected chi connectivity index (χ2v) is 6.37. The number of carbonyl (C=O) groups excluding carboxylic acids is 1. The van der Waals surface area contributed by atoms with Crippen LogP contribution in [0.2, 0.25) is 0 Å². The summed E-state index contributed by atoms with van der Waals surface area (Å²) in [7, 11) is 1.46. The smallest absolute Gasteiger partial charge is 0.223 e. The minimum atomic E-state index is -0.979. The van der Waals surface area contributed by atoms with Crippen LogP contribution in [0.3, 0.4) is 0 Å². The summed E-state index contributed by atoms with van der Waals surface area (Å²) in [5, 5.41) is 0. The maximum Gasteiger partial charge on any atom is 0.223 e. The van der Waals surface area contributed by atoms with E-state index in [1.54, 1.807) is 17.0 Å². The van der Waals surface area contributed by atoms with Gasteiger partial charge in [-0.05, 0) is 48.2 Å². The van der Waals surface area contributed by atoms with Crippen molar-refractivity contribution in [3.8, 4) is 0 Å². The first kappa shape index (κ1) is 18.5. The number of piperidine rings is 1. The van der Waals surface area contributed by atoms with Gasteiger partial charge in [0.05, 0.1) is 6.04 Å². The van der Waals surface area contributed by atoms with Crippen molar-refractivity contribution in [2.75, 3.05) is 13.7 Å². The largest absolute Gasteiger partial charge is 0.374 e. The van der Waals surface area contributed by atoms with Crippen LogP contribution in [0.25, 0.3) is 0 Å². The van der Waals surface area contributed by atoms with Crippen molar-refractivity contribution < 1.29 is 22.7 Å². The quantitative estimate of drug-likeness (QED) is 0.780. The Morgan fingerprint density at radius 2 is 1.65 bits per heavy atom. The van der Waals surface area contributed by atoms with Crippen LogP contribution in [0.4, 0.5) is 13.2 Å². The van der Waals surface area contributed by atoms with Crippen molar-refractivity contribution >= 4 is 5.91 Å². The summed E-state index contributed by atoms with van der Waals surface area (Å²) in [4.78, 5) is 14.2. The monoisotopic (exact) mass is 363 g/mol. The van der Waals surface area contributed by atoms with E-state index in [0.717, 1.165) is 25.0 Å². The van der Waals surface area contributed by atoms with Crippen LogP contribution < -0.4 is 0 Å². The second kappa shape index (κ2) is 7.91. The highest BCUT2D eigenvalue weighted by Gasteiger charge is 2.35. The van der Waals surface area contributed by atoms with Gasteiger partial charge in [-0.3, -0.25) is 4.79 Å². The third kappa shape index (κ3) is 3.75. The molecule has 0 bridgehead atoms. The van der Waals surface area contributed by atoms with E-state index >= 15 is 0 Å². The van der Waals surface area contributed by atoms with Crippen molar-refractivity contribution in [1.29, 1.82) is 0 Å². The third-order valence-corrected chi connectivity index (χ3v) is 4.72. The molecule has 0 saturated carbocycles. The first-order valence-electron chi connectivity index (χ1n) is 8.54. The van der Waals surface area contributed by atoms with E-state index in [2.05, 4.69) is 0 Å². The molecule has 0 aliphatic carbocycles. The molecule has 2 unspecified atom stereocenters. The lowest BCUT2D eigenvalue weighted by Crippen LogP contribution is -2.41. The van der Waals surface area contributed by atoms with Crippen molar-refractivity contribution in [2.45, 2.75) is 31.4 Å². The average molecular weight is 363 g/mol. The summed E-state index contributed by atoms with van der Waals surface area (Å²) in [6.07, 6.45) is 1.37. The molecule has 2 aromatic rings. The molecular formula is C20H20F3NO2. The van der Waals surface area contributed by atoms with Crippen LogP contribution in [0, 0.1) is 17.5 Å². The molecule has 138 valence electrons. The van der Waals surface area contributed by atoms with Crippen molar-refractivity contribution in [1.82, 2.24) is 4.90 Å². The number of hydrogen-bond acceptors (Lipinski definition) is 2. The second-order valence-electron chi connectivity index (χ2n) is 6.37. The summed E-state index contributed by atoms with van der Waals surface area (Å²) in [6.45, 7) is 0.532. The zero-order valence-corrected chi connectivity index (χ0v) is 14.4. The van der Waals surface area contributed by atoms with Gasteiger partial charge in [-0.2, -0.15) is 0 Å².